The molecule has 3 rings (SSSR count). The lowest BCUT2D eigenvalue weighted by molar-refractivity contribution is -0.130. The molecule has 2 aliphatic rings. The number of rotatable bonds is 8. The SMILES string of the molecule is CCN(CCc1c[nH]c2c1C=CCC2)C(=O)CNCC1=CCN=CC=C1. The lowest BCUT2D eigenvalue weighted by Crippen LogP contribution is -2.39. The third kappa shape index (κ3) is 4.82. The second-order valence-corrected chi connectivity index (χ2v) is 6.63. The van der Waals surface area contributed by atoms with Gasteiger partial charge in [-0.3, -0.25) is 9.79 Å². The molecule has 26 heavy (non-hydrogen) atoms. The van der Waals surface area contributed by atoms with Crippen molar-refractivity contribution in [1.29, 1.82) is 0 Å². The number of aryl methyl sites for hydroxylation is 1. The second-order valence-electron chi connectivity index (χ2n) is 6.63. The summed E-state index contributed by atoms with van der Waals surface area (Å²) in [5, 5.41) is 3.26. The van der Waals surface area contributed by atoms with Crippen LogP contribution >= 0.6 is 0 Å². The molecule has 1 aromatic rings. The first-order valence-electron chi connectivity index (χ1n) is 9.47. The van der Waals surface area contributed by atoms with E-state index in [1.54, 1.807) is 0 Å². The fraction of sp³-hybridized carbons (Fsp3) is 0.429. The van der Waals surface area contributed by atoms with E-state index in [0.29, 0.717) is 19.6 Å². The molecule has 1 amide bonds. The molecule has 1 aromatic heterocycles. The molecule has 0 fully saturated rings. The van der Waals surface area contributed by atoms with Crippen LogP contribution in [0.1, 0.15) is 30.2 Å². The van der Waals surface area contributed by atoms with E-state index < -0.39 is 0 Å². The Labute approximate surface area is 155 Å². The zero-order valence-electron chi connectivity index (χ0n) is 15.5. The van der Waals surface area contributed by atoms with E-state index in [0.717, 1.165) is 32.4 Å². The van der Waals surface area contributed by atoms with E-state index in [4.69, 9.17) is 0 Å². The van der Waals surface area contributed by atoms with Gasteiger partial charge < -0.3 is 15.2 Å². The van der Waals surface area contributed by atoms with Crippen molar-refractivity contribution in [2.75, 3.05) is 32.7 Å². The fourth-order valence-corrected chi connectivity index (χ4v) is 3.37. The fourth-order valence-electron chi connectivity index (χ4n) is 3.37. The third-order valence-electron chi connectivity index (χ3n) is 4.89. The standard InChI is InChI=1S/C21H28N4O/c1-2-25(13-10-18-15-24-20-8-4-3-7-19(18)20)21(26)16-23-14-17-6-5-11-22-12-9-17/h3,5-7,9,11,15,23-24H,2,4,8,10,12-14,16H2,1H3. The summed E-state index contributed by atoms with van der Waals surface area (Å²) in [6.07, 6.45) is 17.5. The van der Waals surface area contributed by atoms with Crippen LogP contribution in [0.25, 0.3) is 6.08 Å². The number of nitrogens with zero attached hydrogens (tertiary/aromatic N) is 2. The van der Waals surface area contributed by atoms with Crippen LogP contribution in [0.3, 0.4) is 0 Å². The second kappa shape index (κ2) is 9.34. The summed E-state index contributed by atoms with van der Waals surface area (Å²) >= 11 is 0. The van der Waals surface area contributed by atoms with Crippen LogP contribution in [0.2, 0.25) is 0 Å². The number of fused-ring (bicyclic) bond motifs is 1. The van der Waals surface area contributed by atoms with Crippen LogP contribution in [0.4, 0.5) is 0 Å². The first-order valence-corrected chi connectivity index (χ1v) is 9.47. The molecule has 1 aliphatic carbocycles. The van der Waals surface area contributed by atoms with E-state index in [1.165, 1.54) is 22.4 Å². The molecule has 0 radical (unpaired) electrons. The highest BCUT2D eigenvalue weighted by Crippen LogP contribution is 2.22. The van der Waals surface area contributed by atoms with Gasteiger partial charge in [0.1, 0.15) is 0 Å². The quantitative estimate of drug-likeness (QED) is 0.755. The molecule has 2 heterocycles. The molecule has 5 heteroatoms. The number of likely N-dealkylation sites (N-methyl/N-ethyl adjacent to an activating group) is 1. The molecule has 0 saturated heterocycles. The number of nitrogens with one attached hydrogen (secondary N) is 2. The number of aromatic nitrogens is 1. The van der Waals surface area contributed by atoms with Crippen LogP contribution in [0, 0.1) is 0 Å². The smallest absolute Gasteiger partial charge is 0.236 e. The minimum atomic E-state index is 0.155. The third-order valence-corrected chi connectivity index (χ3v) is 4.89. The van der Waals surface area contributed by atoms with Crippen molar-refractivity contribution in [2.24, 2.45) is 4.99 Å². The molecule has 0 atom stereocenters. The van der Waals surface area contributed by atoms with E-state index in [9.17, 15) is 4.79 Å². The normalized spacial score (nSPS) is 15.5. The molecule has 0 unspecified atom stereocenters. The highest BCUT2D eigenvalue weighted by molar-refractivity contribution is 5.78. The molecular formula is C21H28N4O. The Hall–Kier alpha value is -2.40. The van der Waals surface area contributed by atoms with Crippen molar-refractivity contribution in [3.63, 3.8) is 0 Å². The molecule has 0 bridgehead atoms. The summed E-state index contributed by atoms with van der Waals surface area (Å²) in [6.45, 7) is 5.29. The lowest BCUT2D eigenvalue weighted by Gasteiger charge is -2.21. The maximum atomic E-state index is 12.5. The summed E-state index contributed by atoms with van der Waals surface area (Å²) < 4.78 is 0. The maximum Gasteiger partial charge on any atom is 0.236 e. The van der Waals surface area contributed by atoms with E-state index in [2.05, 4.69) is 39.7 Å². The number of hydrogen-bond donors (Lipinski definition) is 2. The Morgan fingerprint density at radius 1 is 1.38 bits per heavy atom. The zero-order chi connectivity index (χ0) is 18.2. The van der Waals surface area contributed by atoms with Crippen molar-refractivity contribution in [1.82, 2.24) is 15.2 Å². The van der Waals surface area contributed by atoms with Crippen molar-refractivity contribution in [3.05, 3.63) is 52.9 Å². The first kappa shape index (κ1) is 18.4. The van der Waals surface area contributed by atoms with Gasteiger partial charge in [-0.25, -0.2) is 0 Å². The summed E-state index contributed by atoms with van der Waals surface area (Å²) in [6, 6.07) is 0. The Balaban J connectivity index is 1.46. The Morgan fingerprint density at radius 2 is 2.31 bits per heavy atom. The topological polar surface area (TPSA) is 60.5 Å². The summed E-state index contributed by atoms with van der Waals surface area (Å²) in [5.74, 6) is 0.155. The Bertz CT molecular complexity index is 739. The van der Waals surface area contributed by atoms with Gasteiger partial charge in [-0.2, -0.15) is 0 Å². The van der Waals surface area contributed by atoms with Gasteiger partial charge >= 0.3 is 0 Å². The van der Waals surface area contributed by atoms with Crippen LogP contribution in [-0.4, -0.2) is 54.7 Å². The van der Waals surface area contributed by atoms with Gasteiger partial charge in [0.05, 0.1) is 13.1 Å². The van der Waals surface area contributed by atoms with Gasteiger partial charge in [-0.15, -0.1) is 0 Å². The summed E-state index contributed by atoms with van der Waals surface area (Å²) in [5.41, 5.74) is 5.13. The number of aliphatic imine (C=N–C) groups is 1. The van der Waals surface area contributed by atoms with Crippen LogP contribution < -0.4 is 5.32 Å². The molecule has 0 spiro atoms. The van der Waals surface area contributed by atoms with Gasteiger partial charge in [0.15, 0.2) is 0 Å². The minimum Gasteiger partial charge on any atom is -0.364 e. The van der Waals surface area contributed by atoms with Crippen molar-refractivity contribution in [2.45, 2.75) is 26.2 Å². The Morgan fingerprint density at radius 3 is 3.19 bits per heavy atom. The number of H-pyrrole nitrogens is 1. The zero-order valence-corrected chi connectivity index (χ0v) is 15.5. The van der Waals surface area contributed by atoms with Crippen molar-refractivity contribution in [3.8, 4) is 0 Å². The summed E-state index contributed by atoms with van der Waals surface area (Å²) in [7, 11) is 0. The van der Waals surface area contributed by atoms with E-state index >= 15 is 0 Å². The minimum absolute atomic E-state index is 0.155. The number of carbonyl (C=O) groups excluding carboxylic acids is 1. The van der Waals surface area contributed by atoms with Gasteiger partial charge in [-0.05, 0) is 49.0 Å². The molecule has 1 aliphatic heterocycles. The molecule has 138 valence electrons. The maximum absolute atomic E-state index is 12.5. The van der Waals surface area contributed by atoms with Crippen LogP contribution in [0.15, 0.2) is 41.1 Å². The number of hydrogen-bond acceptors (Lipinski definition) is 3. The molecule has 2 N–H and O–H groups in total. The number of allylic oxidation sites excluding steroid dienone is 2. The van der Waals surface area contributed by atoms with Crippen LogP contribution in [-0.2, 0) is 17.6 Å². The van der Waals surface area contributed by atoms with Gasteiger partial charge in [0.2, 0.25) is 5.91 Å². The molecule has 5 nitrogen and oxygen atoms in total. The number of carbonyl (C=O) groups is 1. The average Bonchev–Trinajstić information content (AvgIpc) is 2.89. The van der Waals surface area contributed by atoms with E-state index in [1.807, 2.05) is 30.2 Å². The highest BCUT2D eigenvalue weighted by atomic mass is 16.2. The monoisotopic (exact) mass is 352 g/mol. The van der Waals surface area contributed by atoms with Gasteiger partial charge in [0.25, 0.3) is 0 Å². The largest absolute Gasteiger partial charge is 0.364 e. The van der Waals surface area contributed by atoms with Gasteiger partial charge in [0, 0.05) is 37.7 Å². The first-order chi connectivity index (χ1) is 12.8. The number of amides is 1. The van der Waals surface area contributed by atoms with Crippen molar-refractivity contribution >= 4 is 18.2 Å². The van der Waals surface area contributed by atoms with Crippen LogP contribution in [0.5, 0.6) is 0 Å². The lowest BCUT2D eigenvalue weighted by atomic mass is 10.0. The Kier molecular flexibility index (Phi) is 6.61. The molecular weight excluding hydrogens is 324 g/mol. The number of aromatic amines is 1. The predicted octanol–water partition coefficient (Wildman–Crippen LogP) is 2.52. The summed E-state index contributed by atoms with van der Waals surface area (Å²) in [4.78, 5) is 22.0. The van der Waals surface area contributed by atoms with E-state index in [-0.39, 0.29) is 5.91 Å². The highest BCUT2D eigenvalue weighted by Gasteiger charge is 2.15. The van der Waals surface area contributed by atoms with Gasteiger partial charge in [-0.1, -0.05) is 24.3 Å². The van der Waals surface area contributed by atoms with Crippen molar-refractivity contribution < 1.29 is 4.79 Å². The predicted molar refractivity (Wildman–Crippen MR) is 108 cm³/mol. The molecule has 0 aromatic carbocycles. The average molecular weight is 352 g/mol. The molecule has 0 saturated carbocycles.